The highest BCUT2D eigenvalue weighted by Gasteiger charge is 2.25. The summed E-state index contributed by atoms with van der Waals surface area (Å²) >= 11 is 0. The summed E-state index contributed by atoms with van der Waals surface area (Å²) in [6.07, 6.45) is -1.000. The number of carboxylic acid groups (broad SMARTS) is 1. The molecule has 0 saturated carbocycles. The maximum Gasteiger partial charge on any atom is 0.305 e. The van der Waals surface area contributed by atoms with Crippen molar-refractivity contribution in [1.29, 1.82) is 0 Å². The molecule has 0 bridgehead atoms. The summed E-state index contributed by atoms with van der Waals surface area (Å²) in [4.78, 5) is 24.5. The topological polar surface area (TPSA) is 114 Å². The Kier molecular flexibility index (Phi) is 7.73. The molecule has 0 saturated heterocycles. The Hall–Kier alpha value is -3.65. The van der Waals surface area contributed by atoms with Crippen LogP contribution in [-0.4, -0.2) is 44.6 Å². The first kappa shape index (κ1) is 25.0. The third kappa shape index (κ3) is 6.45. The van der Waals surface area contributed by atoms with Crippen molar-refractivity contribution >= 4 is 11.9 Å². The Balaban J connectivity index is 1.88. The third-order valence-electron chi connectivity index (χ3n) is 5.46. The molecule has 34 heavy (non-hydrogen) atoms. The smallest absolute Gasteiger partial charge is 0.305 e. The number of hydrogen-bond acceptors (Lipinski definition) is 5. The summed E-state index contributed by atoms with van der Waals surface area (Å²) in [5, 5.41) is 26.9. The number of hydrogen-bond donors (Lipinski definition) is 3. The van der Waals surface area contributed by atoms with E-state index in [0.717, 1.165) is 5.56 Å². The minimum atomic E-state index is -1.03. The molecule has 2 unspecified atom stereocenters. The summed E-state index contributed by atoms with van der Waals surface area (Å²) in [6.45, 7) is 7.67. The van der Waals surface area contributed by atoms with Gasteiger partial charge in [-0.1, -0.05) is 68.8 Å². The van der Waals surface area contributed by atoms with Crippen LogP contribution in [0.5, 0.6) is 5.88 Å². The fraction of sp³-hybridized carbons (Fsp3) is 0.346. The number of carbonyl (C=O) groups is 2. The van der Waals surface area contributed by atoms with Crippen LogP contribution in [0, 0.1) is 12.3 Å². The minimum absolute atomic E-state index is 0.0219. The number of amides is 1. The predicted molar refractivity (Wildman–Crippen MR) is 128 cm³/mol. The molecule has 8 heteroatoms. The molecule has 2 atom stereocenters. The molecule has 3 N–H and O–H groups in total. The van der Waals surface area contributed by atoms with Gasteiger partial charge in [0, 0.05) is 6.07 Å². The zero-order chi connectivity index (χ0) is 24.9. The number of carboxylic acids is 1. The summed E-state index contributed by atoms with van der Waals surface area (Å²) in [6, 6.07) is 17.3. The molecule has 0 aliphatic carbocycles. The largest absolute Gasteiger partial charge is 0.481 e. The second-order valence-corrected chi connectivity index (χ2v) is 9.34. The lowest BCUT2D eigenvalue weighted by Crippen LogP contribution is -2.32. The quantitative estimate of drug-likeness (QED) is 0.442. The van der Waals surface area contributed by atoms with Gasteiger partial charge < -0.3 is 20.3 Å². The van der Waals surface area contributed by atoms with E-state index in [1.807, 2.05) is 70.2 Å². The fourth-order valence-electron chi connectivity index (χ4n) is 3.20. The van der Waals surface area contributed by atoms with Gasteiger partial charge in [0.15, 0.2) is 5.69 Å². The van der Waals surface area contributed by atoms with Crippen molar-refractivity contribution in [2.45, 2.75) is 46.3 Å². The molecule has 3 aromatic rings. The molecule has 1 amide bonds. The third-order valence-corrected chi connectivity index (χ3v) is 5.46. The van der Waals surface area contributed by atoms with Crippen LogP contribution in [-0.2, 0) is 4.79 Å². The molecule has 0 aliphatic rings. The first-order valence-electron chi connectivity index (χ1n) is 11.1. The number of para-hydroxylation sites is 1. The second kappa shape index (κ2) is 10.5. The van der Waals surface area contributed by atoms with Crippen molar-refractivity contribution < 1.29 is 24.5 Å². The molecule has 1 aromatic heterocycles. The number of benzene rings is 2. The van der Waals surface area contributed by atoms with Gasteiger partial charge in [-0.3, -0.25) is 9.59 Å². The van der Waals surface area contributed by atoms with E-state index in [2.05, 4.69) is 10.4 Å². The van der Waals surface area contributed by atoms with E-state index < -0.39 is 24.0 Å². The molecular weight excluding hydrogens is 434 g/mol. The SMILES string of the molecule is Cc1ccc(C(CC(=O)O)NC(=O)c2cc(OCC(O)C(C)(C)C)n(-c3ccccc3)n2)cc1. The van der Waals surface area contributed by atoms with Crippen molar-refractivity contribution in [2.24, 2.45) is 5.41 Å². The summed E-state index contributed by atoms with van der Waals surface area (Å²) in [5.41, 5.74) is 2.10. The van der Waals surface area contributed by atoms with Gasteiger partial charge in [0.2, 0.25) is 5.88 Å². The molecule has 8 nitrogen and oxygen atoms in total. The summed E-state index contributed by atoms with van der Waals surface area (Å²) in [7, 11) is 0. The number of aromatic nitrogens is 2. The first-order valence-corrected chi connectivity index (χ1v) is 11.1. The van der Waals surface area contributed by atoms with Gasteiger partial charge in [0.05, 0.1) is 24.3 Å². The van der Waals surface area contributed by atoms with E-state index in [1.165, 1.54) is 10.7 Å². The van der Waals surface area contributed by atoms with Crippen molar-refractivity contribution in [2.75, 3.05) is 6.61 Å². The number of aliphatic hydroxyl groups excluding tert-OH is 1. The van der Waals surface area contributed by atoms with E-state index in [9.17, 15) is 19.8 Å². The van der Waals surface area contributed by atoms with Gasteiger partial charge in [-0.25, -0.2) is 4.68 Å². The van der Waals surface area contributed by atoms with Crippen molar-refractivity contribution in [3.63, 3.8) is 0 Å². The van der Waals surface area contributed by atoms with Crippen LogP contribution in [0.1, 0.15) is 54.8 Å². The minimum Gasteiger partial charge on any atom is -0.481 e. The second-order valence-electron chi connectivity index (χ2n) is 9.34. The van der Waals surface area contributed by atoms with Crippen molar-refractivity contribution in [3.8, 4) is 11.6 Å². The van der Waals surface area contributed by atoms with Gasteiger partial charge >= 0.3 is 5.97 Å². The van der Waals surface area contributed by atoms with Gasteiger partial charge in [-0.05, 0) is 30.0 Å². The maximum absolute atomic E-state index is 13.1. The fourth-order valence-corrected chi connectivity index (χ4v) is 3.20. The highest BCUT2D eigenvalue weighted by atomic mass is 16.5. The Morgan fingerprint density at radius 1 is 1.09 bits per heavy atom. The average Bonchev–Trinajstić information content (AvgIpc) is 3.21. The number of aliphatic hydroxyl groups is 1. The molecule has 0 aliphatic heterocycles. The van der Waals surface area contributed by atoms with Crippen molar-refractivity contribution in [1.82, 2.24) is 15.1 Å². The van der Waals surface area contributed by atoms with E-state index in [4.69, 9.17) is 4.74 Å². The van der Waals surface area contributed by atoms with E-state index in [1.54, 1.807) is 12.1 Å². The number of nitrogens with one attached hydrogen (secondary N) is 1. The molecular formula is C26H31N3O5. The Morgan fingerprint density at radius 3 is 2.32 bits per heavy atom. The highest BCUT2D eigenvalue weighted by Crippen LogP contribution is 2.24. The highest BCUT2D eigenvalue weighted by molar-refractivity contribution is 5.93. The molecule has 3 rings (SSSR count). The summed E-state index contributed by atoms with van der Waals surface area (Å²) in [5.74, 6) is -1.26. The molecule has 0 radical (unpaired) electrons. The van der Waals surface area contributed by atoms with E-state index in [0.29, 0.717) is 17.1 Å². The number of aliphatic carboxylic acids is 1. The van der Waals surface area contributed by atoms with E-state index in [-0.39, 0.29) is 24.1 Å². The van der Waals surface area contributed by atoms with Gasteiger partial charge in [0.25, 0.3) is 5.91 Å². The molecule has 0 fully saturated rings. The van der Waals surface area contributed by atoms with Crippen LogP contribution in [0.2, 0.25) is 0 Å². The van der Waals surface area contributed by atoms with Gasteiger partial charge in [0.1, 0.15) is 6.61 Å². The Bertz CT molecular complexity index is 1120. The maximum atomic E-state index is 13.1. The number of ether oxygens (including phenoxy) is 1. The number of nitrogens with zero attached hydrogens (tertiary/aromatic N) is 2. The summed E-state index contributed by atoms with van der Waals surface area (Å²) < 4.78 is 7.34. The van der Waals surface area contributed by atoms with Crippen LogP contribution in [0.4, 0.5) is 0 Å². The zero-order valence-electron chi connectivity index (χ0n) is 19.9. The lowest BCUT2D eigenvalue weighted by Gasteiger charge is -2.25. The molecule has 180 valence electrons. The van der Waals surface area contributed by atoms with E-state index >= 15 is 0 Å². The normalized spacial score (nSPS) is 13.2. The first-order chi connectivity index (χ1) is 16.0. The van der Waals surface area contributed by atoms with Crippen LogP contribution < -0.4 is 10.1 Å². The number of carbonyl (C=O) groups excluding carboxylic acids is 1. The number of rotatable bonds is 9. The number of aryl methyl sites for hydroxylation is 1. The monoisotopic (exact) mass is 465 g/mol. The van der Waals surface area contributed by atoms with Crippen molar-refractivity contribution in [3.05, 3.63) is 77.5 Å². The lowest BCUT2D eigenvalue weighted by atomic mass is 9.90. The van der Waals surface area contributed by atoms with Gasteiger partial charge in [-0.2, -0.15) is 5.10 Å². The van der Waals surface area contributed by atoms with Gasteiger partial charge in [-0.15, -0.1) is 0 Å². The molecule has 2 aromatic carbocycles. The zero-order valence-corrected chi connectivity index (χ0v) is 19.9. The van der Waals surface area contributed by atoms with Crippen LogP contribution >= 0.6 is 0 Å². The standard InChI is InChI=1S/C26H31N3O5/c1-17-10-12-18(13-11-17)20(15-24(31)32)27-25(33)21-14-23(34-16-22(30)26(2,3)4)29(28-21)19-8-6-5-7-9-19/h5-14,20,22,30H,15-16H2,1-4H3,(H,27,33)(H,31,32). The Labute approximate surface area is 199 Å². The molecule has 0 spiro atoms. The lowest BCUT2D eigenvalue weighted by molar-refractivity contribution is -0.137. The van der Waals surface area contributed by atoms with Crippen LogP contribution in [0.15, 0.2) is 60.7 Å². The molecule has 1 heterocycles. The average molecular weight is 466 g/mol. The van der Waals surface area contributed by atoms with Crippen LogP contribution in [0.3, 0.4) is 0 Å². The van der Waals surface area contributed by atoms with Crippen LogP contribution in [0.25, 0.3) is 5.69 Å². The predicted octanol–water partition coefficient (Wildman–Crippen LogP) is 3.91. The Morgan fingerprint density at radius 2 is 1.74 bits per heavy atom.